The summed E-state index contributed by atoms with van der Waals surface area (Å²) in [6.07, 6.45) is -4.43. The molecule has 0 bridgehead atoms. The van der Waals surface area contributed by atoms with Crippen LogP contribution < -0.4 is 9.64 Å². The van der Waals surface area contributed by atoms with Gasteiger partial charge in [-0.05, 0) is 42.8 Å². The molecule has 0 fully saturated rings. The van der Waals surface area contributed by atoms with Crippen LogP contribution in [0.4, 0.5) is 24.0 Å². The zero-order valence-corrected chi connectivity index (χ0v) is 16.0. The number of amides is 1. The third-order valence-electron chi connectivity index (χ3n) is 3.85. The Balaban J connectivity index is 1.76. The number of thiazole rings is 1. The van der Waals surface area contributed by atoms with Crippen molar-refractivity contribution >= 4 is 28.1 Å². The van der Waals surface area contributed by atoms with Gasteiger partial charge >= 0.3 is 6.18 Å². The second-order valence-corrected chi connectivity index (χ2v) is 6.97. The number of carbonyl (C=O) groups is 1. The van der Waals surface area contributed by atoms with Gasteiger partial charge in [-0.2, -0.15) is 13.2 Å². The normalized spacial score (nSPS) is 11.3. The summed E-state index contributed by atoms with van der Waals surface area (Å²) >= 11 is 1.26. The number of hydrogen-bond acceptors (Lipinski definition) is 4. The molecule has 0 atom stereocenters. The number of aryl methyl sites for hydroxylation is 1. The standard InChI is InChI=1S/C20H17F3N2O2S/c1-13-5-3-7-17(9-13)25(14(2)26)19-24-16(12-28-19)11-27-18-8-4-6-15(10-18)20(21,22)23/h3-10,12H,11H2,1-2H3. The van der Waals surface area contributed by atoms with E-state index in [1.165, 1.54) is 35.3 Å². The van der Waals surface area contributed by atoms with Crippen molar-refractivity contribution in [2.24, 2.45) is 0 Å². The summed E-state index contributed by atoms with van der Waals surface area (Å²) in [6, 6.07) is 12.2. The molecule has 0 saturated heterocycles. The van der Waals surface area contributed by atoms with E-state index in [4.69, 9.17) is 4.74 Å². The van der Waals surface area contributed by atoms with Crippen LogP contribution in [-0.2, 0) is 17.6 Å². The molecular weight excluding hydrogens is 389 g/mol. The number of ether oxygens (including phenoxy) is 1. The number of aromatic nitrogens is 1. The molecule has 8 heteroatoms. The van der Waals surface area contributed by atoms with Crippen LogP contribution in [0.2, 0.25) is 0 Å². The van der Waals surface area contributed by atoms with Crippen LogP contribution in [0.1, 0.15) is 23.7 Å². The first-order chi connectivity index (χ1) is 13.2. The van der Waals surface area contributed by atoms with Crippen molar-refractivity contribution in [3.8, 4) is 5.75 Å². The van der Waals surface area contributed by atoms with Crippen LogP contribution in [0, 0.1) is 6.92 Å². The Morgan fingerprint density at radius 3 is 2.61 bits per heavy atom. The van der Waals surface area contributed by atoms with Gasteiger partial charge in [-0.3, -0.25) is 9.69 Å². The number of benzene rings is 2. The summed E-state index contributed by atoms with van der Waals surface area (Å²) in [6.45, 7) is 3.37. The van der Waals surface area contributed by atoms with Crippen LogP contribution >= 0.6 is 11.3 Å². The summed E-state index contributed by atoms with van der Waals surface area (Å²) in [5.74, 6) is -0.0863. The fourth-order valence-electron chi connectivity index (χ4n) is 2.58. The molecule has 1 amide bonds. The Morgan fingerprint density at radius 2 is 1.93 bits per heavy atom. The largest absolute Gasteiger partial charge is 0.487 e. The Bertz CT molecular complexity index is 985. The molecule has 2 aromatic carbocycles. The van der Waals surface area contributed by atoms with Gasteiger partial charge < -0.3 is 4.74 Å². The minimum atomic E-state index is -4.43. The number of anilines is 2. The summed E-state index contributed by atoms with van der Waals surface area (Å²) in [5.41, 5.74) is 1.46. The van der Waals surface area contributed by atoms with Crippen molar-refractivity contribution in [3.63, 3.8) is 0 Å². The Kier molecular flexibility index (Phi) is 5.69. The maximum absolute atomic E-state index is 12.8. The number of rotatable bonds is 5. The smallest absolute Gasteiger partial charge is 0.416 e. The predicted molar refractivity (Wildman–Crippen MR) is 102 cm³/mol. The van der Waals surface area contributed by atoms with E-state index < -0.39 is 11.7 Å². The Labute approximate surface area is 164 Å². The van der Waals surface area contributed by atoms with Gasteiger partial charge in [-0.25, -0.2) is 4.98 Å². The number of carbonyl (C=O) groups excluding carboxylic acids is 1. The maximum Gasteiger partial charge on any atom is 0.416 e. The van der Waals surface area contributed by atoms with Crippen molar-refractivity contribution in [1.82, 2.24) is 4.98 Å². The molecule has 0 saturated carbocycles. The van der Waals surface area contributed by atoms with E-state index in [9.17, 15) is 18.0 Å². The molecular formula is C20H17F3N2O2S. The molecule has 0 spiro atoms. The van der Waals surface area contributed by atoms with Crippen molar-refractivity contribution in [2.75, 3.05) is 4.90 Å². The van der Waals surface area contributed by atoms with Crippen LogP contribution in [0.5, 0.6) is 5.75 Å². The van der Waals surface area contributed by atoms with E-state index in [1.54, 1.807) is 5.38 Å². The highest BCUT2D eigenvalue weighted by atomic mass is 32.1. The maximum atomic E-state index is 12.8. The molecule has 4 nitrogen and oxygen atoms in total. The van der Waals surface area contributed by atoms with Crippen LogP contribution in [0.15, 0.2) is 53.9 Å². The zero-order valence-electron chi connectivity index (χ0n) is 15.2. The average molecular weight is 406 g/mol. The highest BCUT2D eigenvalue weighted by molar-refractivity contribution is 7.14. The lowest BCUT2D eigenvalue weighted by Gasteiger charge is -2.18. The van der Waals surface area contributed by atoms with Gasteiger partial charge in [0.25, 0.3) is 0 Å². The minimum absolute atomic E-state index is 0.00261. The zero-order chi connectivity index (χ0) is 20.3. The molecule has 28 heavy (non-hydrogen) atoms. The van der Waals surface area contributed by atoms with Gasteiger partial charge in [0, 0.05) is 12.3 Å². The highest BCUT2D eigenvalue weighted by Gasteiger charge is 2.30. The molecule has 1 aromatic heterocycles. The fourth-order valence-corrected chi connectivity index (χ4v) is 3.45. The van der Waals surface area contributed by atoms with Gasteiger partial charge in [0.2, 0.25) is 5.91 Å². The second kappa shape index (κ2) is 8.02. The van der Waals surface area contributed by atoms with Gasteiger partial charge in [-0.1, -0.05) is 18.2 Å². The van der Waals surface area contributed by atoms with E-state index in [0.29, 0.717) is 16.5 Å². The molecule has 1 heterocycles. The minimum Gasteiger partial charge on any atom is -0.487 e. The van der Waals surface area contributed by atoms with Gasteiger partial charge in [0.05, 0.1) is 16.9 Å². The predicted octanol–water partition coefficient (Wildman–Crippen LogP) is 5.73. The van der Waals surface area contributed by atoms with Crippen LogP contribution in [-0.4, -0.2) is 10.9 Å². The Hall–Kier alpha value is -2.87. The van der Waals surface area contributed by atoms with E-state index in [2.05, 4.69) is 4.98 Å². The van der Waals surface area contributed by atoms with Crippen LogP contribution in [0.3, 0.4) is 0 Å². The number of alkyl halides is 3. The third kappa shape index (κ3) is 4.69. The lowest BCUT2D eigenvalue weighted by atomic mass is 10.2. The second-order valence-electron chi connectivity index (χ2n) is 6.13. The van der Waals surface area contributed by atoms with E-state index in [0.717, 1.165) is 17.7 Å². The summed E-state index contributed by atoms with van der Waals surface area (Å²) < 4.78 is 43.8. The van der Waals surface area contributed by atoms with Gasteiger partial charge in [-0.15, -0.1) is 11.3 Å². The van der Waals surface area contributed by atoms with E-state index in [-0.39, 0.29) is 18.3 Å². The molecule has 0 unspecified atom stereocenters. The molecule has 0 aliphatic rings. The molecule has 0 aliphatic heterocycles. The van der Waals surface area contributed by atoms with E-state index in [1.807, 2.05) is 31.2 Å². The Morgan fingerprint density at radius 1 is 1.18 bits per heavy atom. The quantitative estimate of drug-likeness (QED) is 0.543. The molecule has 0 N–H and O–H groups in total. The lowest BCUT2D eigenvalue weighted by molar-refractivity contribution is -0.137. The first-order valence-corrected chi connectivity index (χ1v) is 9.24. The van der Waals surface area contributed by atoms with Gasteiger partial charge in [0.1, 0.15) is 12.4 Å². The van der Waals surface area contributed by atoms with E-state index >= 15 is 0 Å². The highest BCUT2D eigenvalue weighted by Crippen LogP contribution is 2.32. The molecule has 146 valence electrons. The number of hydrogen-bond donors (Lipinski definition) is 0. The SMILES string of the molecule is CC(=O)N(c1cccc(C)c1)c1nc(COc2cccc(C(F)(F)F)c2)cs1. The summed E-state index contributed by atoms with van der Waals surface area (Å²) in [7, 11) is 0. The summed E-state index contributed by atoms with van der Waals surface area (Å²) in [4.78, 5) is 18.0. The third-order valence-corrected chi connectivity index (χ3v) is 4.73. The molecule has 3 aromatic rings. The monoisotopic (exact) mass is 406 g/mol. The average Bonchev–Trinajstić information content (AvgIpc) is 3.08. The first kappa shape index (κ1) is 19.9. The first-order valence-electron chi connectivity index (χ1n) is 8.36. The van der Waals surface area contributed by atoms with Gasteiger partial charge in [0.15, 0.2) is 5.13 Å². The van der Waals surface area contributed by atoms with Crippen LogP contribution in [0.25, 0.3) is 0 Å². The topological polar surface area (TPSA) is 42.4 Å². The molecule has 0 radical (unpaired) electrons. The van der Waals surface area contributed by atoms with Crippen molar-refractivity contribution in [1.29, 1.82) is 0 Å². The van der Waals surface area contributed by atoms with Crippen molar-refractivity contribution in [3.05, 3.63) is 70.7 Å². The fraction of sp³-hybridized carbons (Fsp3) is 0.200. The lowest BCUT2D eigenvalue weighted by Crippen LogP contribution is -2.22. The van der Waals surface area contributed by atoms with Crippen molar-refractivity contribution < 1.29 is 22.7 Å². The molecule has 3 rings (SSSR count). The molecule has 0 aliphatic carbocycles. The number of nitrogens with zero attached hydrogens (tertiary/aromatic N) is 2. The van der Waals surface area contributed by atoms with Crippen molar-refractivity contribution in [2.45, 2.75) is 26.6 Å². The summed E-state index contributed by atoms with van der Waals surface area (Å²) in [5, 5.41) is 2.19. The number of halogens is 3.